The number of nitrogens with one attached hydrogen (secondary N) is 2. The van der Waals surface area contributed by atoms with E-state index in [0.717, 1.165) is 12.1 Å². The van der Waals surface area contributed by atoms with Crippen molar-refractivity contribution in [3.63, 3.8) is 0 Å². The summed E-state index contributed by atoms with van der Waals surface area (Å²) in [4.78, 5) is 11.1. The highest BCUT2D eigenvalue weighted by molar-refractivity contribution is 7.11. The number of hydrogen-bond donors (Lipinski definition) is 2. The predicted molar refractivity (Wildman–Crippen MR) is 101 cm³/mol. The molecule has 0 spiro atoms. The molecule has 0 aliphatic rings. The second kappa shape index (κ2) is 8.13. The average Bonchev–Trinajstić information content (AvgIpc) is 3.24. The summed E-state index contributed by atoms with van der Waals surface area (Å²) in [5, 5.41) is 11.0. The van der Waals surface area contributed by atoms with Crippen LogP contribution in [0, 0.1) is 6.92 Å². The molecular weight excluding hydrogens is 358 g/mol. The Bertz CT molecular complexity index is 873. The van der Waals surface area contributed by atoms with Gasteiger partial charge in [0.2, 0.25) is 11.7 Å². The van der Waals surface area contributed by atoms with Gasteiger partial charge in [0.05, 0.1) is 13.1 Å². The quantitative estimate of drug-likeness (QED) is 0.526. The largest absolute Gasteiger partial charge is 0.352 e. The van der Waals surface area contributed by atoms with Crippen LogP contribution < -0.4 is 10.6 Å². The third kappa shape index (κ3) is 4.80. The Balaban J connectivity index is 1.55. The molecule has 0 amide bonds. The van der Waals surface area contributed by atoms with E-state index in [2.05, 4.69) is 44.8 Å². The van der Waals surface area contributed by atoms with E-state index in [4.69, 9.17) is 16.1 Å². The lowest BCUT2D eigenvalue weighted by Crippen LogP contribution is -2.36. The van der Waals surface area contributed by atoms with Crippen molar-refractivity contribution in [3.8, 4) is 11.4 Å². The molecule has 0 saturated heterocycles. The lowest BCUT2D eigenvalue weighted by Gasteiger charge is -2.09. The SMILES string of the molecule is CN=C(NCc1nc(-c2cccc(Cl)c2)no1)NCc1ccc(C)s1. The van der Waals surface area contributed by atoms with Gasteiger partial charge in [0, 0.05) is 27.4 Å². The second-order valence-electron chi connectivity index (χ2n) is 5.31. The molecule has 3 rings (SSSR count). The number of nitrogens with zero attached hydrogens (tertiary/aromatic N) is 3. The van der Waals surface area contributed by atoms with E-state index in [9.17, 15) is 0 Å². The highest BCUT2D eigenvalue weighted by atomic mass is 35.5. The van der Waals surface area contributed by atoms with Crippen LogP contribution in [0.15, 0.2) is 45.9 Å². The van der Waals surface area contributed by atoms with E-state index < -0.39 is 0 Å². The van der Waals surface area contributed by atoms with Gasteiger partial charge in [-0.2, -0.15) is 4.98 Å². The topological polar surface area (TPSA) is 75.3 Å². The van der Waals surface area contributed by atoms with Crippen LogP contribution in [-0.2, 0) is 13.1 Å². The Hall–Kier alpha value is -2.38. The van der Waals surface area contributed by atoms with E-state index in [1.54, 1.807) is 30.5 Å². The van der Waals surface area contributed by atoms with Gasteiger partial charge in [-0.15, -0.1) is 11.3 Å². The first kappa shape index (κ1) is 17.4. The Morgan fingerprint density at radius 1 is 1.24 bits per heavy atom. The lowest BCUT2D eigenvalue weighted by atomic mass is 10.2. The number of rotatable bonds is 5. The number of halogens is 1. The van der Waals surface area contributed by atoms with Gasteiger partial charge in [0.25, 0.3) is 0 Å². The van der Waals surface area contributed by atoms with Crippen molar-refractivity contribution in [2.75, 3.05) is 7.05 Å². The molecule has 2 N–H and O–H groups in total. The number of aromatic nitrogens is 2. The molecular formula is C17H18ClN5OS. The minimum atomic E-state index is 0.386. The number of guanidine groups is 1. The van der Waals surface area contributed by atoms with Gasteiger partial charge in [-0.3, -0.25) is 4.99 Å². The van der Waals surface area contributed by atoms with Gasteiger partial charge in [0.15, 0.2) is 5.96 Å². The zero-order valence-electron chi connectivity index (χ0n) is 13.9. The van der Waals surface area contributed by atoms with E-state index in [1.165, 1.54) is 9.75 Å². The minimum Gasteiger partial charge on any atom is -0.352 e. The van der Waals surface area contributed by atoms with Crippen LogP contribution in [0.4, 0.5) is 0 Å². The predicted octanol–water partition coefficient (Wildman–Crippen LogP) is 3.63. The molecule has 0 atom stereocenters. The van der Waals surface area contributed by atoms with E-state index in [1.807, 2.05) is 12.1 Å². The number of hydrogen-bond acceptors (Lipinski definition) is 5. The number of aryl methyl sites for hydroxylation is 1. The third-order valence-electron chi connectivity index (χ3n) is 3.41. The fourth-order valence-corrected chi connectivity index (χ4v) is 3.22. The fourth-order valence-electron chi connectivity index (χ4n) is 2.20. The third-order valence-corrected chi connectivity index (χ3v) is 4.64. The highest BCUT2D eigenvalue weighted by Crippen LogP contribution is 2.19. The summed E-state index contributed by atoms with van der Waals surface area (Å²) in [6.45, 7) is 3.20. The number of aliphatic imine (C=N–C) groups is 1. The summed E-state index contributed by atoms with van der Waals surface area (Å²) in [6, 6.07) is 11.6. The molecule has 8 heteroatoms. The summed E-state index contributed by atoms with van der Waals surface area (Å²) in [5.74, 6) is 1.66. The summed E-state index contributed by atoms with van der Waals surface area (Å²) in [5.41, 5.74) is 0.818. The molecule has 0 aliphatic carbocycles. The van der Waals surface area contributed by atoms with Crippen molar-refractivity contribution < 1.29 is 4.52 Å². The molecule has 25 heavy (non-hydrogen) atoms. The second-order valence-corrected chi connectivity index (χ2v) is 7.12. The summed E-state index contributed by atoms with van der Waals surface area (Å²) in [7, 11) is 1.72. The first-order valence-corrected chi connectivity index (χ1v) is 8.92. The van der Waals surface area contributed by atoms with Crippen LogP contribution >= 0.6 is 22.9 Å². The Kier molecular flexibility index (Phi) is 5.67. The highest BCUT2D eigenvalue weighted by Gasteiger charge is 2.09. The molecule has 0 saturated carbocycles. The van der Waals surface area contributed by atoms with Gasteiger partial charge >= 0.3 is 0 Å². The molecule has 0 bridgehead atoms. The molecule has 1 aromatic carbocycles. The van der Waals surface area contributed by atoms with Gasteiger partial charge < -0.3 is 15.2 Å². The molecule has 0 unspecified atom stereocenters. The maximum Gasteiger partial charge on any atom is 0.246 e. The van der Waals surface area contributed by atoms with Crippen LogP contribution in [-0.4, -0.2) is 23.1 Å². The Morgan fingerprint density at radius 2 is 2.08 bits per heavy atom. The van der Waals surface area contributed by atoms with Gasteiger partial charge in [-0.1, -0.05) is 28.9 Å². The first-order chi connectivity index (χ1) is 12.1. The summed E-state index contributed by atoms with van der Waals surface area (Å²) >= 11 is 7.75. The molecule has 0 aliphatic heterocycles. The normalized spacial score (nSPS) is 11.6. The monoisotopic (exact) mass is 375 g/mol. The molecule has 0 radical (unpaired) electrons. The van der Waals surface area contributed by atoms with Crippen molar-refractivity contribution in [3.05, 3.63) is 57.1 Å². The Morgan fingerprint density at radius 3 is 2.80 bits per heavy atom. The van der Waals surface area contributed by atoms with Crippen molar-refractivity contribution in [1.82, 2.24) is 20.8 Å². The van der Waals surface area contributed by atoms with Crippen molar-refractivity contribution in [2.45, 2.75) is 20.0 Å². The summed E-state index contributed by atoms with van der Waals surface area (Å²) < 4.78 is 5.27. The molecule has 6 nitrogen and oxygen atoms in total. The van der Waals surface area contributed by atoms with Crippen LogP contribution in [0.25, 0.3) is 11.4 Å². The standard InChI is InChI=1S/C17H18ClN5OS/c1-11-6-7-14(25-11)9-20-17(19-2)21-10-15-22-16(23-24-15)12-4-3-5-13(18)8-12/h3-8H,9-10H2,1-2H3,(H2,19,20,21). The minimum absolute atomic E-state index is 0.386. The maximum absolute atomic E-state index is 5.99. The van der Waals surface area contributed by atoms with E-state index in [-0.39, 0.29) is 0 Å². The van der Waals surface area contributed by atoms with Crippen molar-refractivity contribution in [1.29, 1.82) is 0 Å². The molecule has 130 valence electrons. The van der Waals surface area contributed by atoms with Crippen LogP contribution in [0.2, 0.25) is 5.02 Å². The molecule has 3 aromatic rings. The van der Waals surface area contributed by atoms with E-state index >= 15 is 0 Å². The number of benzene rings is 1. The molecule has 2 heterocycles. The Labute approximate surface area is 154 Å². The van der Waals surface area contributed by atoms with Gasteiger partial charge in [0.1, 0.15) is 0 Å². The van der Waals surface area contributed by atoms with Crippen LogP contribution in [0.1, 0.15) is 15.6 Å². The zero-order chi connectivity index (χ0) is 17.6. The maximum atomic E-state index is 5.99. The van der Waals surface area contributed by atoms with E-state index in [0.29, 0.717) is 29.2 Å². The fraction of sp³-hybridized carbons (Fsp3) is 0.235. The van der Waals surface area contributed by atoms with Crippen molar-refractivity contribution >= 4 is 28.9 Å². The molecule has 2 aromatic heterocycles. The smallest absolute Gasteiger partial charge is 0.246 e. The average molecular weight is 376 g/mol. The van der Waals surface area contributed by atoms with Gasteiger partial charge in [-0.05, 0) is 31.2 Å². The van der Waals surface area contributed by atoms with Gasteiger partial charge in [-0.25, -0.2) is 0 Å². The van der Waals surface area contributed by atoms with Crippen LogP contribution in [0.5, 0.6) is 0 Å². The summed E-state index contributed by atoms with van der Waals surface area (Å²) in [6.07, 6.45) is 0. The number of thiophene rings is 1. The molecule has 0 fully saturated rings. The zero-order valence-corrected chi connectivity index (χ0v) is 15.5. The lowest BCUT2D eigenvalue weighted by molar-refractivity contribution is 0.375. The van der Waals surface area contributed by atoms with Crippen molar-refractivity contribution in [2.24, 2.45) is 4.99 Å². The van der Waals surface area contributed by atoms with Crippen LogP contribution in [0.3, 0.4) is 0 Å². The first-order valence-electron chi connectivity index (χ1n) is 7.72.